The Hall–Kier alpha value is -3.14. The van der Waals surface area contributed by atoms with E-state index in [2.05, 4.69) is 10.9 Å². The van der Waals surface area contributed by atoms with E-state index < -0.39 is 16.5 Å². The number of benzene rings is 1. The van der Waals surface area contributed by atoms with Gasteiger partial charge in [0.25, 0.3) is 11.6 Å². The minimum atomic E-state index is -0.675. The number of carbonyl (C=O) groups excluding carboxylic acids is 1. The zero-order valence-electron chi connectivity index (χ0n) is 9.49. The minimum Gasteiger partial charge on any atom is -0.312 e. The molecule has 0 aliphatic rings. The number of imidazole rings is 1. The molecule has 19 heavy (non-hydrogen) atoms. The fraction of sp³-hybridized carbons (Fsp3) is 0. The van der Waals surface area contributed by atoms with Gasteiger partial charge in [-0.15, -0.1) is 6.42 Å². The summed E-state index contributed by atoms with van der Waals surface area (Å²) in [6.07, 6.45) is 7.67. The van der Waals surface area contributed by atoms with Gasteiger partial charge in [0.15, 0.2) is 0 Å². The summed E-state index contributed by atoms with van der Waals surface area (Å²) in [5, 5.41) is 10.8. The standard InChI is InChI=1S/C12H7N3O4/c1-2-8-3-4-9(7-10(8)15(18)19)11(16)14-6-5-13-12(14)17/h1,3-7H,(H,13,17). The Kier molecular flexibility index (Phi) is 3.00. The number of hydrogen-bond donors (Lipinski definition) is 1. The summed E-state index contributed by atoms with van der Waals surface area (Å²) in [5.74, 6) is 1.49. The van der Waals surface area contributed by atoms with Crippen LogP contribution in [-0.2, 0) is 0 Å². The van der Waals surface area contributed by atoms with E-state index in [1.54, 1.807) is 0 Å². The highest BCUT2D eigenvalue weighted by molar-refractivity contribution is 5.96. The van der Waals surface area contributed by atoms with Crippen molar-refractivity contribution in [2.24, 2.45) is 0 Å². The van der Waals surface area contributed by atoms with Gasteiger partial charge in [0.05, 0.1) is 4.92 Å². The molecule has 0 atom stereocenters. The molecule has 0 bridgehead atoms. The Morgan fingerprint density at radius 2 is 2.21 bits per heavy atom. The van der Waals surface area contributed by atoms with E-state index in [0.717, 1.165) is 10.6 Å². The number of nitro benzene ring substituents is 1. The van der Waals surface area contributed by atoms with E-state index in [-0.39, 0.29) is 16.8 Å². The number of hydrogen-bond acceptors (Lipinski definition) is 4. The summed E-state index contributed by atoms with van der Waals surface area (Å²) in [6.45, 7) is 0. The third-order valence-electron chi connectivity index (χ3n) is 2.46. The number of rotatable bonds is 2. The number of H-pyrrole nitrogens is 1. The van der Waals surface area contributed by atoms with Crippen molar-refractivity contribution in [1.82, 2.24) is 9.55 Å². The van der Waals surface area contributed by atoms with Crippen LogP contribution in [0.1, 0.15) is 15.9 Å². The van der Waals surface area contributed by atoms with Crippen molar-refractivity contribution < 1.29 is 9.72 Å². The van der Waals surface area contributed by atoms with Gasteiger partial charge in [-0.25, -0.2) is 9.36 Å². The van der Waals surface area contributed by atoms with Crippen molar-refractivity contribution in [1.29, 1.82) is 0 Å². The van der Waals surface area contributed by atoms with Crippen LogP contribution < -0.4 is 5.69 Å². The molecule has 7 nitrogen and oxygen atoms in total. The fourth-order valence-corrected chi connectivity index (χ4v) is 1.56. The second-order valence-electron chi connectivity index (χ2n) is 3.57. The number of aromatic amines is 1. The zero-order chi connectivity index (χ0) is 14.0. The second-order valence-corrected chi connectivity index (χ2v) is 3.57. The van der Waals surface area contributed by atoms with E-state index in [0.29, 0.717) is 0 Å². The van der Waals surface area contributed by atoms with Crippen LogP contribution in [0.2, 0.25) is 0 Å². The molecule has 0 unspecified atom stereocenters. The summed E-state index contributed by atoms with van der Waals surface area (Å²) in [5.41, 5.74) is -0.888. The smallest absolute Gasteiger partial charge is 0.312 e. The van der Waals surface area contributed by atoms with E-state index in [4.69, 9.17) is 6.42 Å². The average molecular weight is 257 g/mol. The molecule has 0 amide bonds. The summed E-state index contributed by atoms with van der Waals surface area (Å²) in [7, 11) is 0. The lowest BCUT2D eigenvalue weighted by Crippen LogP contribution is -2.24. The molecule has 0 aliphatic heterocycles. The first kappa shape index (κ1) is 12.3. The number of nitrogens with one attached hydrogen (secondary N) is 1. The van der Waals surface area contributed by atoms with E-state index in [1.807, 2.05) is 0 Å². The first-order chi connectivity index (χ1) is 9.04. The zero-order valence-corrected chi connectivity index (χ0v) is 9.49. The van der Waals surface area contributed by atoms with Crippen LogP contribution >= 0.6 is 0 Å². The summed E-state index contributed by atoms with van der Waals surface area (Å²) in [6, 6.07) is 3.68. The van der Waals surface area contributed by atoms with Gasteiger partial charge in [0, 0.05) is 24.0 Å². The first-order valence-electron chi connectivity index (χ1n) is 5.10. The molecule has 1 aromatic heterocycles. The van der Waals surface area contributed by atoms with Crippen LogP contribution in [-0.4, -0.2) is 20.4 Å². The lowest BCUT2D eigenvalue weighted by atomic mass is 10.1. The molecule has 0 radical (unpaired) electrons. The molecule has 2 aromatic rings. The highest BCUT2D eigenvalue weighted by Crippen LogP contribution is 2.19. The molecule has 94 valence electrons. The van der Waals surface area contributed by atoms with Crippen molar-refractivity contribution in [2.45, 2.75) is 0 Å². The fourth-order valence-electron chi connectivity index (χ4n) is 1.56. The predicted molar refractivity (Wildman–Crippen MR) is 65.8 cm³/mol. The van der Waals surface area contributed by atoms with Gasteiger partial charge in [-0.1, -0.05) is 5.92 Å². The SMILES string of the molecule is C#Cc1ccc(C(=O)n2cc[nH]c2=O)cc1[N+](=O)[O-]. The van der Waals surface area contributed by atoms with Crippen molar-refractivity contribution in [2.75, 3.05) is 0 Å². The normalized spacial score (nSPS) is 9.84. The molecule has 2 rings (SSSR count). The van der Waals surface area contributed by atoms with Gasteiger partial charge in [-0.2, -0.15) is 0 Å². The highest BCUT2D eigenvalue weighted by Gasteiger charge is 2.18. The summed E-state index contributed by atoms with van der Waals surface area (Å²) in [4.78, 5) is 35.7. The van der Waals surface area contributed by atoms with Crippen molar-refractivity contribution in [3.05, 3.63) is 62.3 Å². The Morgan fingerprint density at radius 3 is 2.74 bits per heavy atom. The number of terminal acetylenes is 1. The molecule has 0 fully saturated rings. The topological polar surface area (TPSA) is 98.0 Å². The molecule has 0 saturated heterocycles. The molecule has 1 N–H and O–H groups in total. The molecular weight excluding hydrogens is 250 g/mol. The van der Waals surface area contributed by atoms with Crippen LogP contribution in [0.5, 0.6) is 0 Å². The minimum absolute atomic E-state index is 0.00685. The van der Waals surface area contributed by atoms with Gasteiger partial charge >= 0.3 is 5.69 Å². The second kappa shape index (κ2) is 4.62. The molecule has 7 heteroatoms. The van der Waals surface area contributed by atoms with Gasteiger partial charge in [0.1, 0.15) is 5.56 Å². The molecule has 1 heterocycles. The van der Waals surface area contributed by atoms with Crippen LogP contribution in [0.4, 0.5) is 5.69 Å². The maximum atomic E-state index is 12.0. The maximum Gasteiger partial charge on any atom is 0.332 e. The largest absolute Gasteiger partial charge is 0.332 e. The molecule has 1 aromatic carbocycles. The van der Waals surface area contributed by atoms with Gasteiger partial charge in [-0.05, 0) is 12.1 Å². The van der Waals surface area contributed by atoms with Crippen molar-refractivity contribution >= 4 is 11.6 Å². The maximum absolute atomic E-state index is 12.0. The third-order valence-corrected chi connectivity index (χ3v) is 2.46. The Labute approximate surface area is 106 Å². The van der Waals surface area contributed by atoms with Crippen molar-refractivity contribution in [3.8, 4) is 12.3 Å². The van der Waals surface area contributed by atoms with Crippen LogP contribution in [0, 0.1) is 22.5 Å². The van der Waals surface area contributed by atoms with E-state index in [9.17, 15) is 19.7 Å². The predicted octanol–water partition coefficient (Wildman–Crippen LogP) is 0.754. The summed E-state index contributed by atoms with van der Waals surface area (Å²) < 4.78 is 0.814. The molecule has 0 aliphatic carbocycles. The number of carbonyl (C=O) groups is 1. The van der Waals surface area contributed by atoms with E-state index in [1.165, 1.54) is 24.5 Å². The number of nitro groups is 1. The highest BCUT2D eigenvalue weighted by atomic mass is 16.6. The molecular formula is C12H7N3O4. The first-order valence-corrected chi connectivity index (χ1v) is 5.10. The Bertz CT molecular complexity index is 764. The van der Waals surface area contributed by atoms with Crippen LogP contribution in [0.3, 0.4) is 0 Å². The van der Waals surface area contributed by atoms with Gasteiger partial charge in [0.2, 0.25) is 0 Å². The average Bonchev–Trinajstić information content (AvgIpc) is 2.83. The van der Waals surface area contributed by atoms with Crippen molar-refractivity contribution in [3.63, 3.8) is 0 Å². The van der Waals surface area contributed by atoms with Crippen LogP contribution in [0.15, 0.2) is 35.4 Å². The van der Waals surface area contributed by atoms with Crippen LogP contribution in [0.25, 0.3) is 0 Å². The Morgan fingerprint density at radius 1 is 1.47 bits per heavy atom. The van der Waals surface area contributed by atoms with Gasteiger partial charge in [-0.3, -0.25) is 14.9 Å². The summed E-state index contributed by atoms with van der Waals surface area (Å²) >= 11 is 0. The quantitative estimate of drug-likeness (QED) is 0.487. The number of aromatic nitrogens is 2. The third kappa shape index (κ3) is 2.14. The molecule has 0 saturated carbocycles. The van der Waals surface area contributed by atoms with E-state index >= 15 is 0 Å². The molecule has 0 spiro atoms. The lowest BCUT2D eigenvalue weighted by Gasteiger charge is -2.01. The monoisotopic (exact) mass is 257 g/mol. The Balaban J connectivity index is 2.54. The lowest BCUT2D eigenvalue weighted by molar-refractivity contribution is -0.385. The number of nitrogens with zero attached hydrogens (tertiary/aromatic N) is 2. The van der Waals surface area contributed by atoms with Gasteiger partial charge < -0.3 is 4.98 Å².